The summed E-state index contributed by atoms with van der Waals surface area (Å²) in [6.07, 6.45) is 18.4. The van der Waals surface area contributed by atoms with Crippen LogP contribution in [-0.2, 0) is 10.8 Å². The number of hydrogen-bond donors (Lipinski definition) is 0. The lowest BCUT2D eigenvalue weighted by atomic mass is 9.71. The van der Waals surface area contributed by atoms with Crippen molar-refractivity contribution in [1.29, 1.82) is 0 Å². The van der Waals surface area contributed by atoms with Gasteiger partial charge in [0.05, 0.1) is 0 Å². The summed E-state index contributed by atoms with van der Waals surface area (Å²) < 4.78 is 0. The molecule has 4 aliphatic rings. The summed E-state index contributed by atoms with van der Waals surface area (Å²) in [4.78, 5) is 24.0. The molecule has 0 amide bonds. The third-order valence-corrected chi connectivity index (χ3v) is 12.3. The highest BCUT2D eigenvalue weighted by Gasteiger charge is 2.46. The maximum Gasteiger partial charge on any atom is 0.165 e. The van der Waals surface area contributed by atoms with E-state index in [1.54, 1.807) is 12.4 Å². The lowest BCUT2D eigenvalue weighted by Crippen LogP contribution is -2.21. The molecular weight excluding hydrogens is 635 g/mol. The van der Waals surface area contributed by atoms with Gasteiger partial charge in [0.2, 0.25) is 0 Å². The first-order valence-electron chi connectivity index (χ1n) is 18.8. The number of allylic oxidation sites excluding steroid dienone is 8. The SMILES string of the molecule is CCC(c1ccc2c(c1)C(C)(C)c1cc3c(cc1-2)C(C)(C)C1=C3C2CC=CC=C2C(c2nc(-c3cccnc3)nc(-c3cccnc3)n2)=C1)C(C)C. The molecule has 3 heterocycles. The van der Waals surface area contributed by atoms with Crippen LogP contribution in [0.1, 0.15) is 101 Å². The Balaban J connectivity index is 1.22. The molecule has 0 fully saturated rings. The van der Waals surface area contributed by atoms with E-state index in [9.17, 15) is 0 Å². The zero-order valence-corrected chi connectivity index (χ0v) is 31.2. The number of pyridine rings is 2. The summed E-state index contributed by atoms with van der Waals surface area (Å²) in [7, 11) is 0. The van der Waals surface area contributed by atoms with Gasteiger partial charge in [-0.15, -0.1) is 0 Å². The van der Waals surface area contributed by atoms with Gasteiger partial charge in [0.15, 0.2) is 17.5 Å². The monoisotopic (exact) mass is 679 g/mol. The van der Waals surface area contributed by atoms with Crippen LogP contribution >= 0.6 is 0 Å². The van der Waals surface area contributed by atoms with E-state index in [-0.39, 0.29) is 16.7 Å². The van der Waals surface area contributed by atoms with Gasteiger partial charge in [0.25, 0.3) is 0 Å². The Morgan fingerprint density at radius 3 is 2.00 bits per heavy atom. The number of aromatic nitrogens is 5. The van der Waals surface area contributed by atoms with E-state index in [1.807, 2.05) is 36.7 Å². The van der Waals surface area contributed by atoms with Crippen molar-refractivity contribution in [3.05, 3.63) is 148 Å². The minimum Gasteiger partial charge on any atom is -0.264 e. The molecule has 258 valence electrons. The summed E-state index contributed by atoms with van der Waals surface area (Å²) in [5.41, 5.74) is 16.5. The first-order chi connectivity index (χ1) is 25.1. The van der Waals surface area contributed by atoms with Crippen molar-refractivity contribution >= 4 is 11.1 Å². The molecular formula is C47H45N5. The second-order valence-corrected chi connectivity index (χ2v) is 16.3. The Hall–Kier alpha value is -5.29. The molecule has 0 bridgehead atoms. The Morgan fingerprint density at radius 1 is 0.731 bits per heavy atom. The van der Waals surface area contributed by atoms with Gasteiger partial charge in [-0.1, -0.05) is 84.9 Å². The molecule has 0 spiro atoms. The zero-order chi connectivity index (χ0) is 35.9. The van der Waals surface area contributed by atoms with E-state index in [2.05, 4.69) is 113 Å². The van der Waals surface area contributed by atoms with Crippen molar-refractivity contribution in [3.63, 3.8) is 0 Å². The quantitative estimate of drug-likeness (QED) is 0.179. The van der Waals surface area contributed by atoms with E-state index in [0.717, 1.165) is 29.5 Å². The Labute approximate surface area is 307 Å². The topological polar surface area (TPSA) is 64.5 Å². The van der Waals surface area contributed by atoms with Gasteiger partial charge >= 0.3 is 0 Å². The lowest BCUT2D eigenvalue weighted by Gasteiger charge is -2.32. The molecule has 4 aliphatic carbocycles. The molecule has 0 aliphatic heterocycles. The van der Waals surface area contributed by atoms with Crippen molar-refractivity contribution in [2.24, 2.45) is 11.8 Å². The molecule has 2 unspecified atom stereocenters. The highest BCUT2D eigenvalue weighted by Crippen LogP contribution is 2.60. The summed E-state index contributed by atoms with van der Waals surface area (Å²) in [6, 6.07) is 20.3. The number of fused-ring (bicyclic) bond motifs is 7. The van der Waals surface area contributed by atoms with Gasteiger partial charge in [-0.05, 0) is 123 Å². The van der Waals surface area contributed by atoms with Gasteiger partial charge in [-0.25, -0.2) is 15.0 Å². The van der Waals surface area contributed by atoms with Gasteiger partial charge in [-0.3, -0.25) is 9.97 Å². The second kappa shape index (κ2) is 11.9. The minimum atomic E-state index is -0.208. The van der Waals surface area contributed by atoms with Crippen LogP contribution in [0.25, 0.3) is 45.0 Å². The molecule has 5 nitrogen and oxygen atoms in total. The van der Waals surface area contributed by atoms with Crippen LogP contribution in [0.15, 0.2) is 115 Å². The van der Waals surface area contributed by atoms with Crippen LogP contribution in [-0.4, -0.2) is 24.9 Å². The molecule has 52 heavy (non-hydrogen) atoms. The van der Waals surface area contributed by atoms with Crippen molar-refractivity contribution < 1.29 is 0 Å². The largest absolute Gasteiger partial charge is 0.264 e. The molecule has 0 N–H and O–H groups in total. The van der Waals surface area contributed by atoms with E-state index in [0.29, 0.717) is 29.3 Å². The maximum absolute atomic E-state index is 5.15. The second-order valence-electron chi connectivity index (χ2n) is 16.3. The molecule has 3 aromatic heterocycles. The van der Waals surface area contributed by atoms with Crippen molar-refractivity contribution in [1.82, 2.24) is 24.9 Å². The first-order valence-corrected chi connectivity index (χ1v) is 18.8. The normalized spacial score (nSPS) is 19.3. The van der Waals surface area contributed by atoms with E-state index >= 15 is 0 Å². The molecule has 0 radical (unpaired) electrons. The fraction of sp³-hybridized carbons (Fsp3) is 0.298. The fourth-order valence-corrected chi connectivity index (χ4v) is 9.47. The Morgan fingerprint density at radius 2 is 1.37 bits per heavy atom. The van der Waals surface area contributed by atoms with Gasteiger partial charge in [0.1, 0.15) is 0 Å². The number of hydrogen-bond acceptors (Lipinski definition) is 5. The van der Waals surface area contributed by atoms with E-state index in [1.165, 1.54) is 55.7 Å². The minimum absolute atomic E-state index is 0.0878. The lowest BCUT2D eigenvalue weighted by molar-refractivity contribution is 0.484. The summed E-state index contributed by atoms with van der Waals surface area (Å²) in [5.74, 6) is 3.27. The molecule has 2 atom stereocenters. The van der Waals surface area contributed by atoms with Crippen LogP contribution in [0.2, 0.25) is 0 Å². The Bertz CT molecular complexity index is 2330. The molecule has 9 rings (SSSR count). The van der Waals surface area contributed by atoms with Gasteiger partial charge in [0, 0.05) is 58.2 Å². The average molecular weight is 680 g/mol. The van der Waals surface area contributed by atoms with E-state index < -0.39 is 0 Å². The molecule has 0 saturated carbocycles. The van der Waals surface area contributed by atoms with Gasteiger partial charge < -0.3 is 0 Å². The third kappa shape index (κ3) is 4.85. The van der Waals surface area contributed by atoms with Crippen LogP contribution in [0.4, 0.5) is 0 Å². The summed E-state index contributed by atoms with van der Waals surface area (Å²) >= 11 is 0. The summed E-state index contributed by atoms with van der Waals surface area (Å²) in [5, 5.41) is 0. The zero-order valence-electron chi connectivity index (χ0n) is 31.2. The highest BCUT2D eigenvalue weighted by molar-refractivity contribution is 5.98. The summed E-state index contributed by atoms with van der Waals surface area (Å²) in [6.45, 7) is 16.7. The first kappa shape index (κ1) is 32.6. The predicted molar refractivity (Wildman–Crippen MR) is 211 cm³/mol. The fourth-order valence-electron chi connectivity index (χ4n) is 9.47. The Kier molecular flexibility index (Phi) is 7.45. The van der Waals surface area contributed by atoms with Crippen LogP contribution in [0, 0.1) is 11.8 Å². The molecule has 2 aromatic carbocycles. The van der Waals surface area contributed by atoms with Crippen LogP contribution in [0.5, 0.6) is 0 Å². The molecule has 5 aromatic rings. The number of nitrogens with zero attached hydrogens (tertiary/aromatic N) is 5. The van der Waals surface area contributed by atoms with Crippen molar-refractivity contribution in [2.45, 2.75) is 78.1 Å². The third-order valence-electron chi connectivity index (χ3n) is 12.3. The van der Waals surface area contributed by atoms with Crippen LogP contribution in [0.3, 0.4) is 0 Å². The van der Waals surface area contributed by atoms with Crippen molar-refractivity contribution in [2.75, 3.05) is 0 Å². The van der Waals surface area contributed by atoms with E-state index in [4.69, 9.17) is 15.0 Å². The van der Waals surface area contributed by atoms with Gasteiger partial charge in [-0.2, -0.15) is 0 Å². The highest BCUT2D eigenvalue weighted by atomic mass is 15.0. The maximum atomic E-state index is 5.15. The van der Waals surface area contributed by atoms with Crippen LogP contribution < -0.4 is 0 Å². The number of benzene rings is 2. The number of rotatable bonds is 6. The standard InChI is InChI=1S/C47H45N5/c1-8-31(27(2)3)28-17-18-33-35-22-40-37(24-39(35)46(4,5)38(33)21-28)42-34-16-10-9-15-32(34)36(23-41(42)47(40,6)7)45-51-43(29-13-11-19-48-25-29)50-44(52-45)30-14-12-20-49-26-30/h9-15,17-27,31,34H,8,16H2,1-7H3. The predicted octanol–water partition coefficient (Wildman–Crippen LogP) is 11.1. The average Bonchev–Trinajstić information content (AvgIpc) is 3.53. The molecule has 5 heteroatoms. The van der Waals surface area contributed by atoms with Crippen molar-refractivity contribution in [3.8, 4) is 33.9 Å². The smallest absolute Gasteiger partial charge is 0.165 e. The molecule has 0 saturated heterocycles.